The summed E-state index contributed by atoms with van der Waals surface area (Å²) in [6.07, 6.45) is 2.97. The average Bonchev–Trinajstić information content (AvgIpc) is 3.00. The molecule has 0 aromatic carbocycles. The van der Waals surface area contributed by atoms with Crippen LogP contribution in [0, 0.1) is 19.8 Å². The summed E-state index contributed by atoms with van der Waals surface area (Å²) in [6.45, 7) is 8.64. The molecule has 0 spiro atoms. The van der Waals surface area contributed by atoms with Gasteiger partial charge in [0.2, 0.25) is 0 Å². The molecule has 0 aliphatic carbocycles. The number of hydrogen-bond acceptors (Lipinski definition) is 4. The molecule has 24 heavy (non-hydrogen) atoms. The van der Waals surface area contributed by atoms with Gasteiger partial charge in [-0.2, -0.15) is 0 Å². The lowest BCUT2D eigenvalue weighted by Crippen LogP contribution is -2.36. The number of aryl methyl sites for hydroxylation is 1. The van der Waals surface area contributed by atoms with Crippen molar-refractivity contribution in [3.8, 4) is 0 Å². The van der Waals surface area contributed by atoms with Crippen molar-refractivity contribution in [3.05, 3.63) is 23.0 Å². The van der Waals surface area contributed by atoms with E-state index in [1.165, 1.54) is 0 Å². The largest absolute Gasteiger partial charge is 0.344 e. The van der Waals surface area contributed by atoms with E-state index in [-0.39, 0.29) is 23.3 Å². The molecule has 3 rings (SSSR count). The maximum Gasteiger partial charge on any atom is 0.178 e. The Balaban J connectivity index is 1.75. The molecular weight excluding hydrogens is 324 g/mol. The van der Waals surface area contributed by atoms with E-state index in [0.717, 1.165) is 48.8 Å². The Labute approximate surface area is 144 Å². The van der Waals surface area contributed by atoms with E-state index in [0.29, 0.717) is 13.0 Å². The zero-order chi connectivity index (χ0) is 17.5. The van der Waals surface area contributed by atoms with Crippen LogP contribution < -0.4 is 0 Å². The predicted molar refractivity (Wildman–Crippen MR) is 95.4 cm³/mol. The van der Waals surface area contributed by atoms with Crippen molar-refractivity contribution < 1.29 is 13.2 Å². The van der Waals surface area contributed by atoms with Crippen LogP contribution in [0.25, 0.3) is 0 Å². The maximum absolute atomic E-state index is 12.7. The van der Waals surface area contributed by atoms with Crippen LogP contribution in [0.2, 0.25) is 0 Å². The fourth-order valence-corrected chi connectivity index (χ4v) is 5.81. The van der Waals surface area contributed by atoms with E-state index in [1.807, 2.05) is 19.9 Å². The third kappa shape index (κ3) is 3.59. The van der Waals surface area contributed by atoms with Gasteiger partial charge in [0.25, 0.3) is 0 Å². The Kier molecular flexibility index (Phi) is 4.89. The maximum atomic E-state index is 12.7. The number of piperidine rings is 1. The lowest BCUT2D eigenvalue weighted by Gasteiger charge is -2.29. The molecule has 0 radical (unpaired) electrons. The number of sulfone groups is 1. The van der Waals surface area contributed by atoms with Crippen molar-refractivity contribution in [2.75, 3.05) is 31.1 Å². The molecule has 1 aromatic heterocycles. The number of aromatic nitrogens is 1. The summed E-state index contributed by atoms with van der Waals surface area (Å²) in [4.78, 5) is 15.0. The minimum absolute atomic E-state index is 0.0209. The fraction of sp³-hybridized carbons (Fsp3) is 0.722. The van der Waals surface area contributed by atoms with E-state index in [4.69, 9.17) is 0 Å². The van der Waals surface area contributed by atoms with Gasteiger partial charge in [-0.25, -0.2) is 8.42 Å². The summed E-state index contributed by atoms with van der Waals surface area (Å²) in [6, 6.07) is 1.92. The smallest absolute Gasteiger partial charge is 0.178 e. The summed E-state index contributed by atoms with van der Waals surface area (Å²) in [5, 5.41) is 0. The van der Waals surface area contributed by atoms with Crippen molar-refractivity contribution in [1.82, 2.24) is 9.47 Å². The van der Waals surface area contributed by atoms with Crippen LogP contribution in [0.3, 0.4) is 0 Å². The molecule has 3 heterocycles. The quantitative estimate of drug-likeness (QED) is 0.781. The average molecular weight is 353 g/mol. The Morgan fingerprint density at radius 3 is 2.46 bits per heavy atom. The normalized spacial score (nSPS) is 25.2. The molecule has 0 bridgehead atoms. The van der Waals surface area contributed by atoms with Gasteiger partial charge in [-0.15, -0.1) is 0 Å². The van der Waals surface area contributed by atoms with Gasteiger partial charge in [-0.3, -0.25) is 9.69 Å². The van der Waals surface area contributed by atoms with Crippen molar-refractivity contribution >= 4 is 15.6 Å². The van der Waals surface area contributed by atoms with E-state index in [9.17, 15) is 13.2 Å². The molecule has 2 aliphatic heterocycles. The van der Waals surface area contributed by atoms with Crippen molar-refractivity contribution in [2.45, 2.75) is 46.1 Å². The molecule has 1 aromatic rings. The second kappa shape index (κ2) is 6.64. The number of likely N-dealkylation sites (tertiary alicyclic amines) is 1. The van der Waals surface area contributed by atoms with Gasteiger partial charge in [0, 0.05) is 23.0 Å². The van der Waals surface area contributed by atoms with Crippen LogP contribution >= 0.6 is 0 Å². The molecule has 0 saturated carbocycles. The highest BCUT2D eigenvalue weighted by Gasteiger charge is 2.32. The molecule has 2 saturated heterocycles. The van der Waals surface area contributed by atoms with E-state index < -0.39 is 9.84 Å². The number of nitrogens with zero attached hydrogens (tertiary/aromatic N) is 2. The van der Waals surface area contributed by atoms with Crippen molar-refractivity contribution in [3.63, 3.8) is 0 Å². The lowest BCUT2D eigenvalue weighted by molar-refractivity contribution is 0.0899. The number of carbonyl (C=O) groups excluding carboxylic acids is 1. The first-order valence-corrected chi connectivity index (χ1v) is 10.7. The number of hydrogen-bond donors (Lipinski definition) is 0. The zero-order valence-electron chi connectivity index (χ0n) is 14.9. The van der Waals surface area contributed by atoms with Gasteiger partial charge in [0.05, 0.1) is 18.1 Å². The summed E-state index contributed by atoms with van der Waals surface area (Å²) >= 11 is 0. The second-order valence-electron chi connectivity index (χ2n) is 7.59. The first-order chi connectivity index (χ1) is 11.3. The molecule has 2 aliphatic rings. The highest BCUT2D eigenvalue weighted by molar-refractivity contribution is 7.91. The van der Waals surface area contributed by atoms with E-state index >= 15 is 0 Å². The highest BCUT2D eigenvalue weighted by atomic mass is 32.2. The van der Waals surface area contributed by atoms with Crippen molar-refractivity contribution in [1.29, 1.82) is 0 Å². The minimum atomic E-state index is -2.93. The molecule has 134 valence electrons. The van der Waals surface area contributed by atoms with Gasteiger partial charge >= 0.3 is 0 Å². The van der Waals surface area contributed by atoms with Gasteiger partial charge in [-0.05, 0) is 58.2 Å². The van der Waals surface area contributed by atoms with Gasteiger partial charge in [0.1, 0.15) is 0 Å². The first-order valence-electron chi connectivity index (χ1n) is 8.91. The fourth-order valence-electron chi connectivity index (χ4n) is 4.11. The van der Waals surface area contributed by atoms with Crippen LogP contribution in [-0.2, 0) is 9.84 Å². The van der Waals surface area contributed by atoms with Crippen molar-refractivity contribution in [2.24, 2.45) is 5.92 Å². The summed E-state index contributed by atoms with van der Waals surface area (Å²) in [5.74, 6) is 1.36. The number of carbonyl (C=O) groups is 1. The number of ketones is 1. The summed E-state index contributed by atoms with van der Waals surface area (Å²) < 4.78 is 25.6. The monoisotopic (exact) mass is 352 g/mol. The summed E-state index contributed by atoms with van der Waals surface area (Å²) in [7, 11) is -2.93. The van der Waals surface area contributed by atoms with Crippen LogP contribution in [0.4, 0.5) is 0 Å². The Hall–Kier alpha value is -1.14. The lowest BCUT2D eigenvalue weighted by atomic mass is 9.99. The first kappa shape index (κ1) is 17.7. The van der Waals surface area contributed by atoms with Crippen LogP contribution in [-0.4, -0.2) is 54.8 Å². The van der Waals surface area contributed by atoms with Gasteiger partial charge in [-0.1, -0.05) is 6.92 Å². The molecule has 0 unspecified atom stereocenters. The molecule has 2 fully saturated rings. The Morgan fingerprint density at radius 2 is 1.88 bits per heavy atom. The molecule has 5 nitrogen and oxygen atoms in total. The van der Waals surface area contributed by atoms with Crippen LogP contribution in [0.15, 0.2) is 6.07 Å². The number of Topliss-reactive ketones (excluding diaryl/α,β-unsaturated/α-hetero) is 1. The third-order valence-electron chi connectivity index (χ3n) is 5.60. The molecule has 1 atom stereocenters. The highest BCUT2D eigenvalue weighted by Crippen LogP contribution is 2.29. The third-order valence-corrected chi connectivity index (χ3v) is 7.35. The van der Waals surface area contributed by atoms with Crippen LogP contribution in [0.1, 0.15) is 54.0 Å². The van der Waals surface area contributed by atoms with Gasteiger partial charge in [0.15, 0.2) is 15.6 Å². The standard InChI is InChI=1S/C18H28N2O3S/c1-13-4-7-19(8-5-13)11-18(21)17-10-14(2)20(15(17)3)16-6-9-24(22,23)12-16/h10,13,16H,4-9,11-12H2,1-3H3/t16-/m1/s1. The molecule has 6 heteroatoms. The zero-order valence-corrected chi connectivity index (χ0v) is 15.7. The SMILES string of the molecule is Cc1cc(C(=O)CN2CCC(C)CC2)c(C)n1[C@@H]1CCS(=O)(=O)C1. The summed E-state index contributed by atoms with van der Waals surface area (Å²) in [5.41, 5.74) is 2.67. The Morgan fingerprint density at radius 1 is 1.21 bits per heavy atom. The topological polar surface area (TPSA) is 59.4 Å². The molecular formula is C18H28N2O3S. The predicted octanol–water partition coefficient (Wildman–Crippen LogP) is 2.38. The van der Waals surface area contributed by atoms with E-state index in [1.54, 1.807) is 0 Å². The second-order valence-corrected chi connectivity index (χ2v) is 9.82. The van der Waals surface area contributed by atoms with E-state index in [2.05, 4.69) is 16.4 Å². The number of rotatable bonds is 4. The van der Waals surface area contributed by atoms with Crippen LogP contribution in [0.5, 0.6) is 0 Å². The minimum Gasteiger partial charge on any atom is -0.344 e. The Bertz CT molecular complexity index is 728. The van der Waals surface area contributed by atoms with Gasteiger partial charge < -0.3 is 4.57 Å². The molecule has 0 N–H and O–H groups in total. The molecule has 0 amide bonds.